The fourth-order valence-electron chi connectivity index (χ4n) is 1.39. The molecule has 1 aromatic carbocycles. The highest BCUT2D eigenvalue weighted by molar-refractivity contribution is 8.13. The van der Waals surface area contributed by atoms with Gasteiger partial charge in [-0.15, -0.1) is 0 Å². The van der Waals surface area contributed by atoms with Gasteiger partial charge in [-0.25, -0.2) is 8.42 Å². The van der Waals surface area contributed by atoms with Gasteiger partial charge in [-0.2, -0.15) is 0 Å². The van der Waals surface area contributed by atoms with Crippen LogP contribution in [0.4, 0.5) is 0 Å². The molecular weight excluding hydrogens is 341 g/mol. The van der Waals surface area contributed by atoms with Crippen molar-refractivity contribution in [3.63, 3.8) is 0 Å². The number of rotatable bonds is 8. The van der Waals surface area contributed by atoms with Crippen LogP contribution in [0.1, 0.15) is 6.42 Å². The Kier molecular flexibility index (Phi) is 7.24. The van der Waals surface area contributed by atoms with Crippen LogP contribution in [0, 0.1) is 0 Å². The standard InChI is InChI=1S/C12H15Cl2NO5S/c1-19-6-2-5-15-12(16)8-20-11-4-3-9(7-10(11)13)21(14,17)18/h3-4,7H,2,5-6,8H2,1H3,(H,15,16). The van der Waals surface area contributed by atoms with Crippen molar-refractivity contribution >= 4 is 37.2 Å². The predicted octanol–water partition coefficient (Wildman–Crippen LogP) is 1.80. The number of halogens is 2. The summed E-state index contributed by atoms with van der Waals surface area (Å²) in [7, 11) is 2.92. The van der Waals surface area contributed by atoms with Crippen LogP contribution in [-0.2, 0) is 18.6 Å². The van der Waals surface area contributed by atoms with E-state index < -0.39 is 9.05 Å². The summed E-state index contributed by atoms with van der Waals surface area (Å²) >= 11 is 5.87. The first-order chi connectivity index (χ1) is 9.84. The molecule has 6 nitrogen and oxygen atoms in total. The molecule has 0 atom stereocenters. The summed E-state index contributed by atoms with van der Waals surface area (Å²) in [6, 6.07) is 3.76. The van der Waals surface area contributed by atoms with Crippen LogP contribution in [0.15, 0.2) is 23.1 Å². The first-order valence-electron chi connectivity index (χ1n) is 5.97. The number of hydrogen-bond acceptors (Lipinski definition) is 5. The zero-order valence-electron chi connectivity index (χ0n) is 11.3. The Bertz CT molecular complexity index is 591. The van der Waals surface area contributed by atoms with E-state index in [-0.39, 0.29) is 28.2 Å². The molecule has 0 heterocycles. The molecule has 0 aromatic heterocycles. The highest BCUT2D eigenvalue weighted by Gasteiger charge is 2.13. The summed E-state index contributed by atoms with van der Waals surface area (Å²) in [4.78, 5) is 11.3. The summed E-state index contributed by atoms with van der Waals surface area (Å²) < 4.78 is 32.3. The average Bonchev–Trinajstić information content (AvgIpc) is 2.41. The van der Waals surface area contributed by atoms with Gasteiger partial charge in [0.1, 0.15) is 5.75 Å². The average molecular weight is 356 g/mol. The van der Waals surface area contributed by atoms with Gasteiger partial charge < -0.3 is 14.8 Å². The smallest absolute Gasteiger partial charge is 0.261 e. The first-order valence-corrected chi connectivity index (χ1v) is 8.66. The van der Waals surface area contributed by atoms with Gasteiger partial charge in [-0.1, -0.05) is 11.6 Å². The monoisotopic (exact) mass is 355 g/mol. The molecule has 21 heavy (non-hydrogen) atoms. The Hall–Kier alpha value is -1.02. The van der Waals surface area contributed by atoms with E-state index in [1.807, 2.05) is 0 Å². The van der Waals surface area contributed by atoms with Gasteiger partial charge >= 0.3 is 0 Å². The van der Waals surface area contributed by atoms with Gasteiger partial charge in [-0.3, -0.25) is 4.79 Å². The van der Waals surface area contributed by atoms with Crippen molar-refractivity contribution in [2.45, 2.75) is 11.3 Å². The molecule has 9 heteroatoms. The molecule has 0 saturated carbocycles. The minimum atomic E-state index is -3.85. The second kappa shape index (κ2) is 8.43. The highest BCUT2D eigenvalue weighted by atomic mass is 35.7. The molecule has 0 radical (unpaired) electrons. The lowest BCUT2D eigenvalue weighted by Gasteiger charge is -2.09. The van der Waals surface area contributed by atoms with Crippen molar-refractivity contribution in [2.75, 3.05) is 26.9 Å². The third-order valence-electron chi connectivity index (χ3n) is 2.39. The Balaban J connectivity index is 2.51. The molecule has 0 aliphatic heterocycles. The Morgan fingerprint density at radius 1 is 1.38 bits per heavy atom. The summed E-state index contributed by atoms with van der Waals surface area (Å²) in [5.74, 6) is -0.107. The van der Waals surface area contributed by atoms with E-state index in [0.29, 0.717) is 19.6 Å². The summed E-state index contributed by atoms with van der Waals surface area (Å²) in [5, 5.41) is 2.70. The Morgan fingerprint density at radius 3 is 2.67 bits per heavy atom. The number of methoxy groups -OCH3 is 1. The zero-order valence-corrected chi connectivity index (χ0v) is 13.6. The van der Waals surface area contributed by atoms with Gasteiger partial charge in [0.25, 0.3) is 15.0 Å². The Morgan fingerprint density at radius 2 is 2.10 bits per heavy atom. The van der Waals surface area contributed by atoms with Crippen LogP contribution in [0.25, 0.3) is 0 Å². The van der Waals surface area contributed by atoms with Crippen molar-refractivity contribution in [3.8, 4) is 5.75 Å². The molecule has 1 amide bonds. The largest absolute Gasteiger partial charge is 0.482 e. The fourth-order valence-corrected chi connectivity index (χ4v) is 2.47. The van der Waals surface area contributed by atoms with Crippen molar-refractivity contribution in [3.05, 3.63) is 23.2 Å². The quantitative estimate of drug-likeness (QED) is 0.567. The lowest BCUT2D eigenvalue weighted by atomic mass is 10.3. The van der Waals surface area contributed by atoms with E-state index in [0.717, 1.165) is 6.07 Å². The van der Waals surface area contributed by atoms with Gasteiger partial charge in [0.2, 0.25) is 0 Å². The van der Waals surface area contributed by atoms with Crippen molar-refractivity contribution in [1.82, 2.24) is 5.32 Å². The van der Waals surface area contributed by atoms with Crippen LogP contribution in [0.5, 0.6) is 5.75 Å². The van der Waals surface area contributed by atoms with E-state index in [1.54, 1.807) is 7.11 Å². The van der Waals surface area contributed by atoms with Crippen LogP contribution >= 0.6 is 22.3 Å². The molecule has 1 aromatic rings. The van der Waals surface area contributed by atoms with E-state index in [4.69, 9.17) is 31.8 Å². The molecule has 0 bridgehead atoms. The number of carbonyl (C=O) groups excluding carboxylic acids is 1. The normalized spacial score (nSPS) is 11.2. The third kappa shape index (κ3) is 6.52. The summed E-state index contributed by atoms with van der Waals surface area (Å²) in [6.45, 7) is 0.814. The first kappa shape index (κ1) is 18.0. The molecule has 0 aliphatic rings. The van der Waals surface area contributed by atoms with Gasteiger partial charge in [0.15, 0.2) is 6.61 Å². The van der Waals surface area contributed by atoms with Gasteiger partial charge in [-0.05, 0) is 24.6 Å². The second-order valence-electron chi connectivity index (χ2n) is 4.02. The van der Waals surface area contributed by atoms with Crippen molar-refractivity contribution < 1.29 is 22.7 Å². The van der Waals surface area contributed by atoms with Gasteiger partial charge in [0.05, 0.1) is 9.92 Å². The van der Waals surface area contributed by atoms with E-state index in [2.05, 4.69) is 5.32 Å². The van der Waals surface area contributed by atoms with E-state index >= 15 is 0 Å². The Labute approximate surface area is 132 Å². The maximum atomic E-state index is 11.5. The molecule has 0 fully saturated rings. The second-order valence-corrected chi connectivity index (χ2v) is 6.99. The molecule has 1 N–H and O–H groups in total. The molecule has 0 unspecified atom stereocenters. The third-order valence-corrected chi connectivity index (χ3v) is 4.04. The summed E-state index contributed by atoms with van der Waals surface area (Å²) in [5.41, 5.74) is 0. The molecule has 0 spiro atoms. The van der Waals surface area contributed by atoms with Gasteiger partial charge in [0, 0.05) is 30.9 Å². The van der Waals surface area contributed by atoms with Crippen molar-refractivity contribution in [2.24, 2.45) is 0 Å². The molecule has 118 valence electrons. The minimum Gasteiger partial charge on any atom is -0.482 e. The predicted molar refractivity (Wildman–Crippen MR) is 79.5 cm³/mol. The number of ether oxygens (including phenoxy) is 2. The minimum absolute atomic E-state index is 0.0592. The van der Waals surface area contributed by atoms with E-state index in [1.165, 1.54) is 12.1 Å². The highest BCUT2D eigenvalue weighted by Crippen LogP contribution is 2.28. The maximum Gasteiger partial charge on any atom is 0.261 e. The molecule has 1 rings (SSSR count). The van der Waals surface area contributed by atoms with Crippen LogP contribution in [0.2, 0.25) is 5.02 Å². The topological polar surface area (TPSA) is 81.7 Å². The molecule has 0 saturated heterocycles. The lowest BCUT2D eigenvalue weighted by molar-refractivity contribution is -0.123. The van der Waals surface area contributed by atoms with Crippen molar-refractivity contribution in [1.29, 1.82) is 0 Å². The number of carbonyl (C=O) groups is 1. The molecule has 0 aliphatic carbocycles. The summed E-state index contributed by atoms with van der Waals surface area (Å²) in [6.07, 6.45) is 0.700. The number of nitrogens with one attached hydrogen (secondary N) is 1. The fraction of sp³-hybridized carbons (Fsp3) is 0.417. The molecular formula is C12H15Cl2NO5S. The number of benzene rings is 1. The zero-order chi connectivity index (χ0) is 15.9. The lowest BCUT2D eigenvalue weighted by Crippen LogP contribution is -2.30. The number of hydrogen-bond donors (Lipinski definition) is 1. The van der Waals surface area contributed by atoms with Crippen LogP contribution in [0.3, 0.4) is 0 Å². The SMILES string of the molecule is COCCCNC(=O)COc1ccc(S(=O)(=O)Cl)cc1Cl. The van der Waals surface area contributed by atoms with E-state index in [9.17, 15) is 13.2 Å². The number of amides is 1. The maximum absolute atomic E-state index is 11.5. The van der Waals surface area contributed by atoms with Crippen LogP contribution < -0.4 is 10.1 Å². The van der Waals surface area contributed by atoms with Crippen LogP contribution in [-0.4, -0.2) is 41.2 Å².